The number of hydrogen-bond acceptors (Lipinski definition) is 5. The molecule has 2 rings (SSSR count). The number of hydrogen-bond donors (Lipinski definition) is 3. The topological polar surface area (TPSA) is 91.9 Å². The summed E-state index contributed by atoms with van der Waals surface area (Å²) in [5, 5.41) is 21.9. The average Bonchev–Trinajstić information content (AvgIpc) is 2.95. The molecule has 0 spiro atoms. The minimum absolute atomic E-state index is 0.0178. The van der Waals surface area contributed by atoms with Crippen LogP contribution in [0.15, 0.2) is 41.0 Å². The van der Waals surface area contributed by atoms with E-state index in [9.17, 15) is 15.0 Å². The monoisotopic (exact) mass is 291 g/mol. The van der Waals surface area contributed by atoms with Crippen LogP contribution in [0.2, 0.25) is 0 Å². The van der Waals surface area contributed by atoms with E-state index in [0.717, 1.165) is 0 Å². The number of carbonyl (C=O) groups is 1. The highest BCUT2D eigenvalue weighted by atomic mass is 16.5. The quantitative estimate of drug-likeness (QED) is 0.725. The summed E-state index contributed by atoms with van der Waals surface area (Å²) in [6.07, 6.45) is 1.53. The number of aromatic hydroxyl groups is 1. The average molecular weight is 291 g/mol. The highest BCUT2D eigenvalue weighted by Crippen LogP contribution is 2.29. The first-order valence-electron chi connectivity index (χ1n) is 6.56. The van der Waals surface area contributed by atoms with Gasteiger partial charge < -0.3 is 19.4 Å². The predicted molar refractivity (Wildman–Crippen MR) is 75.2 cm³/mol. The van der Waals surface area contributed by atoms with Crippen LogP contribution in [0.5, 0.6) is 11.5 Å². The highest BCUT2D eigenvalue weighted by molar-refractivity contribution is 5.76. The molecule has 1 atom stereocenters. The maximum absolute atomic E-state index is 11.4. The van der Waals surface area contributed by atoms with E-state index < -0.39 is 12.0 Å². The molecule has 6 nitrogen and oxygen atoms in total. The number of aliphatic carboxylic acids is 1. The molecule has 6 heteroatoms. The largest absolute Gasteiger partial charge is 0.504 e. The van der Waals surface area contributed by atoms with Gasteiger partial charge in [-0.1, -0.05) is 6.07 Å². The van der Waals surface area contributed by atoms with Crippen molar-refractivity contribution in [3.8, 4) is 11.5 Å². The Morgan fingerprint density at radius 1 is 1.43 bits per heavy atom. The molecule has 2 aromatic rings. The first-order chi connectivity index (χ1) is 10.1. The zero-order chi connectivity index (χ0) is 15.2. The number of benzene rings is 1. The number of rotatable bonds is 7. The standard InChI is InChI=1S/C15H17NO5/c1-2-20-13-8-10(5-6-12(13)17)14(15(18)19)16-9-11-4-3-7-21-11/h3-8,14,16-17H,2,9H2,1H3,(H,18,19). The number of phenolic OH excluding ortho intramolecular Hbond substituents is 1. The smallest absolute Gasteiger partial charge is 0.325 e. The van der Waals surface area contributed by atoms with Crippen molar-refractivity contribution in [1.29, 1.82) is 0 Å². The van der Waals surface area contributed by atoms with Crippen LogP contribution < -0.4 is 10.1 Å². The molecule has 0 saturated carbocycles. The second kappa shape index (κ2) is 6.81. The third kappa shape index (κ3) is 3.76. The van der Waals surface area contributed by atoms with Crippen LogP contribution in [0, 0.1) is 0 Å². The Kier molecular flexibility index (Phi) is 4.84. The third-order valence-electron chi connectivity index (χ3n) is 2.92. The molecule has 1 aromatic heterocycles. The number of nitrogens with one attached hydrogen (secondary N) is 1. The third-order valence-corrected chi connectivity index (χ3v) is 2.92. The first kappa shape index (κ1) is 14.9. The van der Waals surface area contributed by atoms with Gasteiger partial charge in [-0.05, 0) is 36.8 Å². The van der Waals surface area contributed by atoms with Crippen molar-refractivity contribution in [2.24, 2.45) is 0 Å². The van der Waals surface area contributed by atoms with E-state index >= 15 is 0 Å². The zero-order valence-electron chi connectivity index (χ0n) is 11.6. The van der Waals surface area contributed by atoms with Crippen LogP contribution in [-0.4, -0.2) is 22.8 Å². The molecule has 0 saturated heterocycles. The van der Waals surface area contributed by atoms with Gasteiger partial charge in [0.15, 0.2) is 11.5 Å². The lowest BCUT2D eigenvalue weighted by Crippen LogP contribution is -2.28. The van der Waals surface area contributed by atoms with Crippen molar-refractivity contribution in [2.75, 3.05) is 6.61 Å². The fraction of sp³-hybridized carbons (Fsp3) is 0.267. The van der Waals surface area contributed by atoms with Crippen LogP contribution in [0.3, 0.4) is 0 Å². The number of carboxylic acids is 1. The predicted octanol–water partition coefficient (Wildman–Crippen LogP) is 2.30. The van der Waals surface area contributed by atoms with E-state index in [4.69, 9.17) is 9.15 Å². The van der Waals surface area contributed by atoms with Gasteiger partial charge in [0.05, 0.1) is 19.4 Å². The summed E-state index contributed by atoms with van der Waals surface area (Å²) < 4.78 is 10.4. The van der Waals surface area contributed by atoms with Crippen molar-refractivity contribution in [1.82, 2.24) is 5.32 Å². The molecular weight excluding hydrogens is 274 g/mol. The first-order valence-corrected chi connectivity index (χ1v) is 6.56. The lowest BCUT2D eigenvalue weighted by molar-refractivity contribution is -0.139. The Hall–Kier alpha value is -2.47. The van der Waals surface area contributed by atoms with Crippen molar-refractivity contribution < 1.29 is 24.2 Å². The van der Waals surface area contributed by atoms with E-state index in [-0.39, 0.29) is 18.0 Å². The van der Waals surface area contributed by atoms with Crippen molar-refractivity contribution in [2.45, 2.75) is 19.5 Å². The van der Waals surface area contributed by atoms with Gasteiger partial charge >= 0.3 is 5.97 Å². The Morgan fingerprint density at radius 3 is 2.86 bits per heavy atom. The molecule has 0 aliphatic carbocycles. The van der Waals surface area contributed by atoms with E-state index in [2.05, 4.69) is 5.32 Å². The van der Waals surface area contributed by atoms with Crippen molar-refractivity contribution in [3.05, 3.63) is 47.9 Å². The molecule has 0 bridgehead atoms. The number of furan rings is 1. The summed E-state index contributed by atoms with van der Waals surface area (Å²) >= 11 is 0. The summed E-state index contributed by atoms with van der Waals surface area (Å²) in [6.45, 7) is 2.46. The molecule has 0 fully saturated rings. The van der Waals surface area contributed by atoms with Gasteiger partial charge in [0, 0.05) is 0 Å². The van der Waals surface area contributed by atoms with Gasteiger partial charge in [-0.25, -0.2) is 0 Å². The van der Waals surface area contributed by atoms with Crippen LogP contribution in [-0.2, 0) is 11.3 Å². The fourth-order valence-electron chi connectivity index (χ4n) is 1.94. The molecule has 1 unspecified atom stereocenters. The SMILES string of the molecule is CCOc1cc(C(NCc2ccco2)C(=O)O)ccc1O. The molecule has 0 aliphatic rings. The van der Waals surface area contributed by atoms with E-state index in [1.165, 1.54) is 18.4 Å². The highest BCUT2D eigenvalue weighted by Gasteiger charge is 2.21. The number of carboxylic acid groups (broad SMARTS) is 1. The summed E-state index contributed by atoms with van der Waals surface area (Å²) in [4.78, 5) is 11.4. The molecule has 112 valence electrons. The van der Waals surface area contributed by atoms with Gasteiger partial charge in [-0.2, -0.15) is 0 Å². The minimum Gasteiger partial charge on any atom is -0.504 e. The Morgan fingerprint density at radius 2 is 2.24 bits per heavy atom. The Labute approximate surface area is 122 Å². The summed E-state index contributed by atoms with van der Waals surface area (Å²) in [5.41, 5.74) is 0.496. The molecular formula is C15H17NO5. The maximum Gasteiger partial charge on any atom is 0.325 e. The van der Waals surface area contributed by atoms with Gasteiger partial charge in [0.1, 0.15) is 11.8 Å². The van der Waals surface area contributed by atoms with Gasteiger partial charge in [-0.15, -0.1) is 0 Å². The van der Waals surface area contributed by atoms with Crippen LogP contribution >= 0.6 is 0 Å². The van der Waals surface area contributed by atoms with Gasteiger partial charge in [0.2, 0.25) is 0 Å². The summed E-state index contributed by atoms with van der Waals surface area (Å²) in [7, 11) is 0. The maximum atomic E-state index is 11.4. The van der Waals surface area contributed by atoms with Crippen LogP contribution in [0.1, 0.15) is 24.3 Å². The second-order valence-electron chi connectivity index (χ2n) is 4.39. The van der Waals surface area contributed by atoms with Crippen LogP contribution in [0.25, 0.3) is 0 Å². The molecule has 0 amide bonds. The molecule has 1 heterocycles. The Bertz CT molecular complexity index is 594. The van der Waals surface area contributed by atoms with Gasteiger partial charge in [-0.3, -0.25) is 10.1 Å². The van der Waals surface area contributed by atoms with E-state index in [1.807, 2.05) is 0 Å². The summed E-state index contributed by atoms with van der Waals surface area (Å²) in [5.74, 6) is -0.128. The van der Waals surface area contributed by atoms with Crippen LogP contribution in [0.4, 0.5) is 0 Å². The lowest BCUT2D eigenvalue weighted by atomic mass is 10.1. The van der Waals surface area contributed by atoms with Gasteiger partial charge in [0.25, 0.3) is 0 Å². The van der Waals surface area contributed by atoms with Crippen molar-refractivity contribution in [3.63, 3.8) is 0 Å². The van der Waals surface area contributed by atoms with E-state index in [1.54, 1.807) is 25.1 Å². The molecule has 1 aromatic carbocycles. The second-order valence-corrected chi connectivity index (χ2v) is 4.39. The zero-order valence-corrected chi connectivity index (χ0v) is 11.6. The normalized spacial score (nSPS) is 12.0. The molecule has 0 aliphatic heterocycles. The van der Waals surface area contributed by atoms with Crippen molar-refractivity contribution >= 4 is 5.97 Å². The molecule has 21 heavy (non-hydrogen) atoms. The minimum atomic E-state index is -1.02. The number of phenols is 1. The number of ether oxygens (including phenoxy) is 1. The molecule has 0 radical (unpaired) electrons. The lowest BCUT2D eigenvalue weighted by Gasteiger charge is -2.16. The summed E-state index contributed by atoms with van der Waals surface area (Å²) in [6, 6.07) is 7.06. The molecule has 3 N–H and O–H groups in total. The fourth-order valence-corrected chi connectivity index (χ4v) is 1.94. The Balaban J connectivity index is 2.17. The van der Waals surface area contributed by atoms with E-state index in [0.29, 0.717) is 17.9 Å².